The number of hydrogen-bond acceptors (Lipinski definition) is 2. The van der Waals surface area contributed by atoms with E-state index in [0.717, 1.165) is 19.3 Å². The summed E-state index contributed by atoms with van der Waals surface area (Å²) in [5.74, 6) is -0.502. The Hall–Kier alpha value is -1.91. The number of anilines is 1. The number of carbonyl (C=O) groups is 2. The van der Waals surface area contributed by atoms with Gasteiger partial charge in [-0.2, -0.15) is 0 Å². The molecule has 2 saturated carbocycles. The molecule has 4 nitrogen and oxygen atoms in total. The molecule has 2 atom stereocenters. The van der Waals surface area contributed by atoms with Crippen LogP contribution in [0.3, 0.4) is 0 Å². The number of halogens is 1. The van der Waals surface area contributed by atoms with Gasteiger partial charge >= 0.3 is 0 Å². The van der Waals surface area contributed by atoms with E-state index in [9.17, 15) is 14.0 Å². The molecule has 0 aromatic heterocycles. The lowest BCUT2D eigenvalue weighted by atomic mass is 10.1. The van der Waals surface area contributed by atoms with Crippen molar-refractivity contribution in [3.05, 3.63) is 29.6 Å². The van der Waals surface area contributed by atoms with Crippen molar-refractivity contribution in [3.63, 3.8) is 0 Å². The maximum Gasteiger partial charge on any atom is 0.253 e. The van der Waals surface area contributed by atoms with Crippen molar-refractivity contribution >= 4 is 17.5 Å². The van der Waals surface area contributed by atoms with Crippen LogP contribution in [0.25, 0.3) is 0 Å². The minimum Gasteiger partial charge on any atom is -0.349 e. The van der Waals surface area contributed by atoms with Crippen LogP contribution in [0.4, 0.5) is 10.1 Å². The van der Waals surface area contributed by atoms with Gasteiger partial charge in [0.15, 0.2) is 0 Å². The molecule has 2 amide bonds. The van der Waals surface area contributed by atoms with Crippen molar-refractivity contribution in [2.24, 2.45) is 11.8 Å². The van der Waals surface area contributed by atoms with Crippen LogP contribution in [0.1, 0.15) is 36.5 Å². The average molecular weight is 276 g/mol. The fourth-order valence-corrected chi connectivity index (χ4v) is 2.22. The number of hydrogen-bond donors (Lipinski definition) is 2. The maximum atomic E-state index is 13.3. The Labute approximate surface area is 116 Å². The lowest BCUT2D eigenvalue weighted by Gasteiger charge is -2.11. The Morgan fingerprint density at radius 2 is 2.00 bits per heavy atom. The second kappa shape index (κ2) is 4.89. The molecule has 0 aliphatic heterocycles. The Morgan fingerprint density at radius 1 is 1.30 bits per heavy atom. The second-order valence-corrected chi connectivity index (χ2v) is 5.75. The Balaban J connectivity index is 1.77. The first kappa shape index (κ1) is 13.1. The summed E-state index contributed by atoms with van der Waals surface area (Å²) in [6, 6.07) is 4.06. The van der Waals surface area contributed by atoms with E-state index in [-0.39, 0.29) is 29.3 Å². The van der Waals surface area contributed by atoms with Gasteiger partial charge in [-0.25, -0.2) is 4.39 Å². The van der Waals surface area contributed by atoms with Gasteiger partial charge in [-0.1, -0.05) is 6.92 Å². The van der Waals surface area contributed by atoms with Crippen LogP contribution in [0.15, 0.2) is 18.2 Å². The predicted molar refractivity (Wildman–Crippen MR) is 72.8 cm³/mol. The molecule has 0 radical (unpaired) electrons. The Morgan fingerprint density at radius 3 is 2.60 bits per heavy atom. The summed E-state index contributed by atoms with van der Waals surface area (Å²) in [6.07, 6.45) is 2.79. The highest BCUT2D eigenvalue weighted by molar-refractivity contribution is 6.04. The van der Waals surface area contributed by atoms with Crippen LogP contribution in [0.2, 0.25) is 0 Å². The van der Waals surface area contributed by atoms with Gasteiger partial charge in [0.05, 0.1) is 11.3 Å². The molecule has 3 rings (SSSR count). The number of benzene rings is 1. The minimum atomic E-state index is -0.483. The van der Waals surface area contributed by atoms with E-state index in [0.29, 0.717) is 11.6 Å². The van der Waals surface area contributed by atoms with Crippen molar-refractivity contribution in [2.75, 3.05) is 5.32 Å². The normalized spacial score (nSPS) is 24.1. The van der Waals surface area contributed by atoms with E-state index < -0.39 is 5.82 Å². The van der Waals surface area contributed by atoms with Gasteiger partial charge in [-0.3, -0.25) is 9.59 Å². The van der Waals surface area contributed by atoms with Gasteiger partial charge in [-0.05, 0) is 43.4 Å². The summed E-state index contributed by atoms with van der Waals surface area (Å²) in [6.45, 7) is 2.01. The molecule has 2 fully saturated rings. The number of amides is 2. The molecule has 0 unspecified atom stereocenters. The quantitative estimate of drug-likeness (QED) is 0.886. The third kappa shape index (κ3) is 2.81. The molecule has 0 spiro atoms. The van der Waals surface area contributed by atoms with Gasteiger partial charge in [0.2, 0.25) is 5.91 Å². The van der Waals surface area contributed by atoms with E-state index in [1.54, 1.807) is 0 Å². The molecule has 1 aromatic rings. The van der Waals surface area contributed by atoms with E-state index in [4.69, 9.17) is 0 Å². The van der Waals surface area contributed by atoms with Crippen molar-refractivity contribution in [1.29, 1.82) is 0 Å². The highest BCUT2D eigenvalue weighted by Crippen LogP contribution is 2.38. The fourth-order valence-electron chi connectivity index (χ4n) is 2.22. The Bertz CT molecular complexity index is 569. The van der Waals surface area contributed by atoms with Crippen molar-refractivity contribution < 1.29 is 14.0 Å². The third-order valence-electron chi connectivity index (χ3n) is 3.84. The van der Waals surface area contributed by atoms with Crippen molar-refractivity contribution in [1.82, 2.24) is 5.32 Å². The van der Waals surface area contributed by atoms with Gasteiger partial charge < -0.3 is 10.6 Å². The van der Waals surface area contributed by atoms with E-state index in [1.807, 2.05) is 6.92 Å². The van der Waals surface area contributed by atoms with E-state index >= 15 is 0 Å². The van der Waals surface area contributed by atoms with Gasteiger partial charge in [-0.15, -0.1) is 0 Å². The van der Waals surface area contributed by atoms with E-state index in [2.05, 4.69) is 10.6 Å². The summed E-state index contributed by atoms with van der Waals surface area (Å²) in [4.78, 5) is 24.0. The molecular weight excluding hydrogens is 259 g/mol. The third-order valence-corrected chi connectivity index (χ3v) is 3.84. The summed E-state index contributed by atoms with van der Waals surface area (Å²) in [5.41, 5.74) is 0.576. The molecule has 20 heavy (non-hydrogen) atoms. The first-order chi connectivity index (χ1) is 9.54. The zero-order chi connectivity index (χ0) is 14.3. The maximum absolute atomic E-state index is 13.3. The number of rotatable bonds is 4. The van der Waals surface area contributed by atoms with Crippen LogP contribution in [0.5, 0.6) is 0 Å². The van der Waals surface area contributed by atoms with Gasteiger partial charge in [0, 0.05) is 12.0 Å². The summed E-state index contributed by atoms with van der Waals surface area (Å²) >= 11 is 0. The van der Waals surface area contributed by atoms with E-state index in [1.165, 1.54) is 18.2 Å². The van der Waals surface area contributed by atoms with Crippen LogP contribution < -0.4 is 10.6 Å². The number of carbonyl (C=O) groups excluding carboxylic acids is 2. The lowest BCUT2D eigenvalue weighted by molar-refractivity contribution is -0.117. The minimum absolute atomic E-state index is 0.0133. The predicted octanol–water partition coefficient (Wildman–Crippen LogP) is 2.31. The molecule has 2 aliphatic carbocycles. The van der Waals surface area contributed by atoms with Gasteiger partial charge in [0.25, 0.3) is 5.91 Å². The zero-order valence-electron chi connectivity index (χ0n) is 11.3. The Kier molecular flexibility index (Phi) is 3.20. The first-order valence-electron chi connectivity index (χ1n) is 6.96. The zero-order valence-corrected chi connectivity index (χ0v) is 11.3. The molecule has 5 heteroatoms. The highest BCUT2D eigenvalue weighted by Gasteiger charge is 2.39. The largest absolute Gasteiger partial charge is 0.349 e. The molecule has 0 saturated heterocycles. The summed E-state index contributed by atoms with van der Waals surface area (Å²) in [7, 11) is 0. The fraction of sp³-hybridized carbons (Fsp3) is 0.467. The molecule has 2 N–H and O–H groups in total. The van der Waals surface area contributed by atoms with Crippen LogP contribution in [-0.2, 0) is 4.79 Å². The average Bonchev–Trinajstić information content (AvgIpc) is 3.29. The number of nitrogens with one attached hydrogen (secondary N) is 2. The van der Waals surface area contributed by atoms with Crippen LogP contribution in [-0.4, -0.2) is 17.9 Å². The lowest BCUT2D eigenvalue weighted by Crippen LogP contribution is -2.27. The van der Waals surface area contributed by atoms with Crippen LogP contribution in [0, 0.1) is 17.7 Å². The summed E-state index contributed by atoms with van der Waals surface area (Å²) < 4.78 is 13.3. The molecule has 0 heterocycles. The highest BCUT2D eigenvalue weighted by atomic mass is 19.1. The second-order valence-electron chi connectivity index (χ2n) is 5.75. The smallest absolute Gasteiger partial charge is 0.253 e. The first-order valence-corrected chi connectivity index (χ1v) is 6.96. The molecule has 2 aliphatic rings. The molecular formula is C15H17FN2O2. The van der Waals surface area contributed by atoms with Crippen LogP contribution >= 0.6 is 0 Å². The summed E-state index contributed by atoms with van der Waals surface area (Å²) in [5, 5.41) is 5.55. The van der Waals surface area contributed by atoms with Crippen molar-refractivity contribution in [3.8, 4) is 0 Å². The molecule has 106 valence electrons. The monoisotopic (exact) mass is 276 g/mol. The topological polar surface area (TPSA) is 58.2 Å². The SMILES string of the molecule is C[C@@H]1C[C@@H]1C(=O)Nc1ccc(F)cc1C(=O)NC1CC1. The molecule has 0 bridgehead atoms. The standard InChI is InChI=1S/C15H17FN2O2/c1-8-6-11(8)14(19)18-13-5-2-9(16)7-12(13)15(20)17-10-3-4-10/h2,5,7-8,10-11H,3-4,6H2,1H3,(H,17,20)(H,18,19)/t8-,11+/m1/s1. The molecule has 1 aromatic carbocycles. The van der Waals surface area contributed by atoms with Gasteiger partial charge in [0.1, 0.15) is 5.82 Å². The van der Waals surface area contributed by atoms with Crippen molar-refractivity contribution in [2.45, 2.75) is 32.2 Å².